The highest BCUT2D eigenvalue weighted by molar-refractivity contribution is 7.13. The molecule has 12 heteroatoms. The Morgan fingerprint density at radius 3 is 2.33 bits per heavy atom. The number of unbranched alkanes of at least 4 members (excludes halogenated alkanes) is 2. The number of carbonyl (C=O) groups is 4. The van der Waals surface area contributed by atoms with Crippen LogP contribution in [0, 0.1) is 12.3 Å². The molecule has 1 aliphatic rings. The van der Waals surface area contributed by atoms with Crippen molar-refractivity contribution in [3.63, 3.8) is 0 Å². The maximum absolute atomic E-state index is 13.8. The highest BCUT2D eigenvalue weighted by Gasteiger charge is 2.44. The van der Waals surface area contributed by atoms with Crippen LogP contribution in [0.2, 0.25) is 0 Å². The summed E-state index contributed by atoms with van der Waals surface area (Å²) in [7, 11) is 0. The van der Waals surface area contributed by atoms with Crippen LogP contribution in [0.5, 0.6) is 0 Å². The maximum Gasteiger partial charge on any atom is 0.407 e. The summed E-state index contributed by atoms with van der Waals surface area (Å²) in [4.78, 5) is 58.5. The maximum atomic E-state index is 13.8. The van der Waals surface area contributed by atoms with Gasteiger partial charge in [0.15, 0.2) is 0 Å². The third kappa shape index (κ3) is 11.1. The smallest absolute Gasteiger partial charge is 0.407 e. The minimum atomic E-state index is -0.873. The van der Waals surface area contributed by atoms with E-state index in [-0.39, 0.29) is 37.7 Å². The SMILES string of the molecule is Cc1ncsc1-c1ccc(CNC(=O)C2C[C@@H](O)CN2C(=O)[C@@H](NC(=O)CCCCCNC(=O)OC(C)(C)C)C(C)(C)C)cc1. The lowest BCUT2D eigenvalue weighted by atomic mass is 9.85. The Kier molecular flexibility index (Phi) is 12.5. The average Bonchev–Trinajstić information content (AvgIpc) is 3.56. The van der Waals surface area contributed by atoms with E-state index in [1.54, 1.807) is 32.1 Å². The van der Waals surface area contributed by atoms with Crippen LogP contribution in [0.15, 0.2) is 29.8 Å². The summed E-state index contributed by atoms with van der Waals surface area (Å²) in [5.41, 5.74) is 3.57. The highest BCUT2D eigenvalue weighted by atomic mass is 32.1. The summed E-state index contributed by atoms with van der Waals surface area (Å²) in [6, 6.07) is 6.17. The van der Waals surface area contributed by atoms with E-state index in [2.05, 4.69) is 20.9 Å². The van der Waals surface area contributed by atoms with Crippen LogP contribution >= 0.6 is 11.3 Å². The van der Waals surface area contributed by atoms with Gasteiger partial charge in [-0.05, 0) is 57.1 Å². The Bertz CT molecular complexity index is 1310. The van der Waals surface area contributed by atoms with Crippen LogP contribution in [0.1, 0.15) is 84.9 Å². The fraction of sp³-hybridized carbons (Fsp3) is 0.606. The van der Waals surface area contributed by atoms with Crippen LogP contribution in [-0.4, -0.2) is 75.7 Å². The second kappa shape index (κ2) is 15.7. The number of aryl methyl sites for hydroxylation is 1. The molecule has 1 aromatic carbocycles. The van der Waals surface area contributed by atoms with E-state index in [9.17, 15) is 24.3 Å². The molecule has 248 valence electrons. The number of nitrogens with one attached hydrogen (secondary N) is 3. The molecule has 3 atom stereocenters. The first-order valence-electron chi connectivity index (χ1n) is 15.6. The van der Waals surface area contributed by atoms with Crippen LogP contribution in [0.4, 0.5) is 4.79 Å². The van der Waals surface area contributed by atoms with Crippen molar-refractivity contribution in [2.75, 3.05) is 13.1 Å². The van der Waals surface area contributed by atoms with Crippen molar-refractivity contribution >= 4 is 35.2 Å². The summed E-state index contributed by atoms with van der Waals surface area (Å²) in [5, 5.41) is 18.9. The van der Waals surface area contributed by atoms with Gasteiger partial charge in [0.25, 0.3) is 0 Å². The fourth-order valence-corrected chi connectivity index (χ4v) is 5.92. The van der Waals surface area contributed by atoms with Crippen LogP contribution in [0.25, 0.3) is 10.4 Å². The van der Waals surface area contributed by atoms with Gasteiger partial charge >= 0.3 is 6.09 Å². The number of aliphatic hydroxyl groups is 1. The summed E-state index contributed by atoms with van der Waals surface area (Å²) < 4.78 is 5.21. The van der Waals surface area contributed by atoms with Gasteiger partial charge in [0.05, 0.1) is 22.2 Å². The predicted molar refractivity (Wildman–Crippen MR) is 174 cm³/mol. The molecule has 1 saturated heterocycles. The first kappa shape index (κ1) is 36.0. The molecule has 2 aromatic rings. The van der Waals surface area contributed by atoms with E-state index in [0.29, 0.717) is 25.8 Å². The molecule has 11 nitrogen and oxygen atoms in total. The summed E-state index contributed by atoms with van der Waals surface area (Å²) >= 11 is 1.58. The Morgan fingerprint density at radius 2 is 1.73 bits per heavy atom. The molecule has 45 heavy (non-hydrogen) atoms. The fourth-order valence-electron chi connectivity index (χ4n) is 5.11. The molecule has 2 heterocycles. The molecule has 4 amide bonds. The van der Waals surface area contributed by atoms with E-state index in [1.165, 1.54) is 4.90 Å². The molecule has 0 bridgehead atoms. The Morgan fingerprint density at radius 1 is 1.04 bits per heavy atom. The van der Waals surface area contributed by atoms with Crippen LogP contribution in [-0.2, 0) is 25.7 Å². The zero-order valence-electron chi connectivity index (χ0n) is 27.6. The number of ether oxygens (including phenoxy) is 1. The zero-order chi connectivity index (χ0) is 33.4. The molecule has 3 rings (SSSR count). The number of amides is 4. The van der Waals surface area contributed by atoms with Crippen molar-refractivity contribution in [1.29, 1.82) is 0 Å². The van der Waals surface area contributed by atoms with Gasteiger partial charge in [-0.2, -0.15) is 0 Å². The molecule has 0 radical (unpaired) electrons. The number of aromatic nitrogens is 1. The molecular formula is C33H49N5O6S. The summed E-state index contributed by atoms with van der Waals surface area (Å²) in [6.07, 6.45) is 1.03. The normalized spacial score (nSPS) is 17.5. The van der Waals surface area contributed by atoms with Crippen molar-refractivity contribution in [3.05, 3.63) is 41.0 Å². The van der Waals surface area contributed by atoms with Gasteiger partial charge in [-0.1, -0.05) is 51.5 Å². The molecule has 1 aromatic heterocycles. The lowest BCUT2D eigenvalue weighted by Gasteiger charge is -2.35. The topological polar surface area (TPSA) is 150 Å². The number of likely N-dealkylation sites (tertiary alicyclic amines) is 1. The third-order valence-corrected chi connectivity index (χ3v) is 8.44. The van der Waals surface area contributed by atoms with E-state index in [4.69, 9.17) is 4.74 Å². The van der Waals surface area contributed by atoms with E-state index >= 15 is 0 Å². The second-order valence-corrected chi connectivity index (χ2v) is 14.5. The van der Waals surface area contributed by atoms with E-state index in [0.717, 1.165) is 21.7 Å². The van der Waals surface area contributed by atoms with Crippen molar-refractivity contribution in [3.8, 4) is 10.4 Å². The van der Waals surface area contributed by atoms with Gasteiger partial charge < -0.3 is 30.7 Å². The first-order valence-corrected chi connectivity index (χ1v) is 16.4. The molecule has 1 aliphatic heterocycles. The Balaban J connectivity index is 1.51. The molecular weight excluding hydrogens is 594 g/mol. The lowest BCUT2D eigenvalue weighted by molar-refractivity contribution is -0.144. The van der Waals surface area contributed by atoms with Gasteiger partial charge in [0.1, 0.15) is 17.7 Å². The number of β-amino-alcohol motifs (C(OH)–C–C–N with tert-alkyl or cyclic N) is 1. The minimum Gasteiger partial charge on any atom is -0.444 e. The molecule has 1 fully saturated rings. The highest BCUT2D eigenvalue weighted by Crippen LogP contribution is 2.28. The number of alkyl carbamates (subject to hydrolysis) is 1. The predicted octanol–water partition coefficient (Wildman–Crippen LogP) is 4.31. The zero-order valence-corrected chi connectivity index (χ0v) is 28.4. The van der Waals surface area contributed by atoms with Gasteiger partial charge in [0.2, 0.25) is 17.7 Å². The number of rotatable bonds is 12. The molecule has 0 saturated carbocycles. The van der Waals surface area contributed by atoms with Crippen molar-refractivity contribution < 1.29 is 29.0 Å². The number of benzene rings is 1. The summed E-state index contributed by atoms with van der Waals surface area (Å²) in [6.45, 7) is 13.7. The number of nitrogens with zero attached hydrogens (tertiary/aromatic N) is 2. The Hall–Kier alpha value is -3.51. The van der Waals surface area contributed by atoms with Gasteiger partial charge in [-0.3, -0.25) is 14.4 Å². The van der Waals surface area contributed by atoms with Crippen LogP contribution < -0.4 is 16.0 Å². The standard InChI is InChI=1S/C33H49N5O6S/c1-21-27(45-20-36-21)23-14-12-22(13-15-23)18-35-29(41)25-17-24(39)19-38(25)30(42)28(32(2,3)4)37-26(40)11-9-8-10-16-34-31(43)44-33(5,6)7/h12-15,20,24-25,28,39H,8-11,16-19H2,1-7H3,(H,34,43)(H,35,41)(H,37,40)/t24-,25?,28-/m1/s1. The van der Waals surface area contributed by atoms with E-state index < -0.39 is 41.2 Å². The third-order valence-electron chi connectivity index (χ3n) is 7.46. The van der Waals surface area contributed by atoms with Crippen molar-refractivity contribution in [2.45, 2.75) is 111 Å². The minimum absolute atomic E-state index is 0.0208. The Labute approximate surface area is 270 Å². The second-order valence-electron chi connectivity index (χ2n) is 13.7. The molecule has 0 aliphatic carbocycles. The van der Waals surface area contributed by atoms with Gasteiger partial charge in [-0.25, -0.2) is 9.78 Å². The number of thiazole rings is 1. The molecule has 0 spiro atoms. The van der Waals surface area contributed by atoms with Gasteiger partial charge in [-0.15, -0.1) is 11.3 Å². The van der Waals surface area contributed by atoms with Gasteiger partial charge in [0, 0.05) is 32.5 Å². The number of carbonyl (C=O) groups excluding carboxylic acids is 4. The first-order chi connectivity index (χ1) is 21.0. The van der Waals surface area contributed by atoms with Crippen LogP contribution in [0.3, 0.4) is 0 Å². The van der Waals surface area contributed by atoms with E-state index in [1.807, 2.05) is 57.5 Å². The van der Waals surface area contributed by atoms with Crippen molar-refractivity contribution in [1.82, 2.24) is 25.8 Å². The lowest BCUT2D eigenvalue weighted by Crippen LogP contribution is -2.57. The average molecular weight is 644 g/mol. The molecule has 1 unspecified atom stereocenters. The number of hydrogen-bond donors (Lipinski definition) is 4. The number of hydrogen-bond acceptors (Lipinski definition) is 8. The monoisotopic (exact) mass is 643 g/mol. The molecule has 4 N–H and O–H groups in total. The number of aliphatic hydroxyl groups excluding tert-OH is 1. The van der Waals surface area contributed by atoms with Crippen molar-refractivity contribution in [2.24, 2.45) is 5.41 Å². The quantitative estimate of drug-likeness (QED) is 0.252. The largest absolute Gasteiger partial charge is 0.444 e. The summed E-state index contributed by atoms with van der Waals surface area (Å²) in [5.74, 6) is -0.999.